The van der Waals surface area contributed by atoms with Crippen molar-refractivity contribution in [2.75, 3.05) is 26.3 Å². The lowest BCUT2D eigenvalue weighted by Crippen LogP contribution is -2.40. The normalized spacial score (nSPS) is 17.9. The summed E-state index contributed by atoms with van der Waals surface area (Å²) in [5.74, 6) is -0.298. The van der Waals surface area contributed by atoms with Crippen LogP contribution in [-0.2, 0) is 25.3 Å². The van der Waals surface area contributed by atoms with Crippen LogP contribution < -0.4 is 4.18 Å². The van der Waals surface area contributed by atoms with Crippen LogP contribution in [0, 0.1) is 0 Å². The van der Waals surface area contributed by atoms with Crippen LogP contribution in [0.25, 0.3) is 0 Å². The third-order valence-corrected chi connectivity index (χ3v) is 4.93. The molecule has 0 amide bonds. The lowest BCUT2D eigenvalue weighted by molar-refractivity contribution is 0.0730. The molecule has 0 bridgehead atoms. The molecule has 112 valence electrons. The molecule has 0 unspecified atom stereocenters. The maximum absolute atomic E-state index is 12.3. The number of benzene rings is 1. The Morgan fingerprint density at radius 2 is 1.60 bits per heavy atom. The minimum Gasteiger partial charge on any atom is -0.379 e. The van der Waals surface area contributed by atoms with Crippen molar-refractivity contribution in [2.45, 2.75) is 4.90 Å². The zero-order valence-electron chi connectivity index (χ0n) is 10.2. The van der Waals surface area contributed by atoms with Crippen molar-refractivity contribution in [3.05, 3.63) is 24.3 Å². The van der Waals surface area contributed by atoms with Gasteiger partial charge < -0.3 is 8.92 Å². The highest BCUT2D eigenvalue weighted by Crippen LogP contribution is 2.21. The molecule has 1 saturated heterocycles. The molecule has 0 aromatic heterocycles. The molecule has 0 radical (unpaired) electrons. The molecule has 1 aliphatic heterocycles. The van der Waals surface area contributed by atoms with E-state index in [-0.39, 0.29) is 23.7 Å². The zero-order valence-corrected chi connectivity index (χ0v) is 11.9. The molecule has 20 heavy (non-hydrogen) atoms. The Morgan fingerprint density at radius 1 is 1.05 bits per heavy atom. The van der Waals surface area contributed by atoms with Gasteiger partial charge >= 0.3 is 10.5 Å². The molecule has 0 spiro atoms. The molecule has 1 fully saturated rings. The van der Waals surface area contributed by atoms with Gasteiger partial charge in [0.25, 0.3) is 0 Å². The summed E-state index contributed by atoms with van der Waals surface area (Å²) < 4.78 is 67.7. The van der Waals surface area contributed by atoms with Crippen LogP contribution in [0.15, 0.2) is 29.2 Å². The first-order chi connectivity index (χ1) is 9.29. The van der Waals surface area contributed by atoms with Gasteiger partial charge in [-0.3, -0.25) is 0 Å². The third-order valence-electron chi connectivity index (χ3n) is 2.63. The maximum Gasteiger partial charge on any atom is 0.488 e. The number of morpholine rings is 1. The Morgan fingerprint density at radius 3 is 2.10 bits per heavy atom. The van der Waals surface area contributed by atoms with Gasteiger partial charge in [-0.1, -0.05) is 3.89 Å². The van der Waals surface area contributed by atoms with E-state index in [0.29, 0.717) is 13.2 Å². The molecule has 1 aliphatic rings. The SMILES string of the molecule is O=S(=O)(F)Oc1ccc(S(=O)(=O)N2CCOCC2)cc1. The van der Waals surface area contributed by atoms with Crippen LogP contribution >= 0.6 is 0 Å². The monoisotopic (exact) mass is 325 g/mol. The first-order valence-corrected chi connectivity index (χ1v) is 8.36. The van der Waals surface area contributed by atoms with Gasteiger partial charge in [0.1, 0.15) is 5.75 Å². The third kappa shape index (κ3) is 3.66. The number of nitrogens with zero attached hydrogens (tertiary/aromatic N) is 1. The minimum absolute atomic E-state index is 0.0250. The van der Waals surface area contributed by atoms with Crippen molar-refractivity contribution in [1.82, 2.24) is 4.31 Å². The summed E-state index contributed by atoms with van der Waals surface area (Å²) in [5.41, 5.74) is 0. The summed E-state index contributed by atoms with van der Waals surface area (Å²) in [6.45, 7) is 1.14. The van der Waals surface area contributed by atoms with E-state index in [9.17, 15) is 20.7 Å². The van der Waals surface area contributed by atoms with E-state index >= 15 is 0 Å². The van der Waals surface area contributed by atoms with E-state index in [0.717, 1.165) is 24.3 Å². The lowest BCUT2D eigenvalue weighted by atomic mass is 10.3. The summed E-state index contributed by atoms with van der Waals surface area (Å²) in [7, 11) is -8.79. The number of hydrogen-bond donors (Lipinski definition) is 0. The first kappa shape index (κ1) is 15.2. The van der Waals surface area contributed by atoms with Gasteiger partial charge in [-0.05, 0) is 24.3 Å². The fourth-order valence-corrected chi connectivity index (χ4v) is 3.47. The molecule has 0 atom stereocenters. The van der Waals surface area contributed by atoms with Gasteiger partial charge in [0, 0.05) is 13.1 Å². The number of sulfonamides is 1. The van der Waals surface area contributed by atoms with E-state index in [1.807, 2.05) is 0 Å². The number of halogens is 1. The second-order valence-electron chi connectivity index (χ2n) is 3.96. The molecule has 7 nitrogen and oxygen atoms in total. The van der Waals surface area contributed by atoms with Crippen LogP contribution in [0.5, 0.6) is 5.75 Å². The molecule has 2 rings (SSSR count). The van der Waals surface area contributed by atoms with E-state index in [4.69, 9.17) is 4.74 Å². The predicted molar refractivity (Wildman–Crippen MR) is 66.7 cm³/mol. The molecule has 1 heterocycles. The number of ether oxygens (including phenoxy) is 1. The Hall–Kier alpha value is -1.23. The van der Waals surface area contributed by atoms with Crippen LogP contribution in [-0.4, -0.2) is 47.4 Å². The van der Waals surface area contributed by atoms with Gasteiger partial charge in [-0.2, -0.15) is 12.7 Å². The summed E-state index contributed by atoms with van der Waals surface area (Å²) in [5, 5.41) is 0. The van der Waals surface area contributed by atoms with Crippen LogP contribution in [0.3, 0.4) is 0 Å². The molecule has 1 aromatic rings. The summed E-state index contributed by atoms with van der Waals surface area (Å²) in [6, 6.07) is 4.46. The van der Waals surface area contributed by atoms with Crippen LogP contribution in [0.2, 0.25) is 0 Å². The minimum atomic E-state index is -5.12. The largest absolute Gasteiger partial charge is 0.488 e. The second kappa shape index (κ2) is 5.64. The molecular weight excluding hydrogens is 313 g/mol. The molecule has 10 heteroatoms. The van der Waals surface area contributed by atoms with Crippen molar-refractivity contribution < 1.29 is 29.6 Å². The van der Waals surface area contributed by atoms with Crippen molar-refractivity contribution in [3.63, 3.8) is 0 Å². The highest BCUT2D eigenvalue weighted by molar-refractivity contribution is 7.89. The lowest BCUT2D eigenvalue weighted by Gasteiger charge is -2.26. The molecule has 0 N–H and O–H groups in total. The highest BCUT2D eigenvalue weighted by Gasteiger charge is 2.26. The maximum atomic E-state index is 12.3. The van der Waals surface area contributed by atoms with Crippen molar-refractivity contribution in [2.24, 2.45) is 0 Å². The van der Waals surface area contributed by atoms with Gasteiger partial charge in [-0.15, -0.1) is 0 Å². The fourth-order valence-electron chi connectivity index (χ4n) is 1.72. The van der Waals surface area contributed by atoms with E-state index in [2.05, 4.69) is 4.18 Å². The van der Waals surface area contributed by atoms with Crippen molar-refractivity contribution >= 4 is 20.5 Å². The van der Waals surface area contributed by atoms with Gasteiger partial charge in [0.15, 0.2) is 0 Å². The Labute approximate surface area is 116 Å². The predicted octanol–water partition coefficient (Wildman–Crippen LogP) is 0.301. The summed E-state index contributed by atoms with van der Waals surface area (Å²) in [4.78, 5) is -0.0250. The number of hydrogen-bond acceptors (Lipinski definition) is 6. The number of rotatable bonds is 4. The topological polar surface area (TPSA) is 90.0 Å². The van der Waals surface area contributed by atoms with Crippen molar-refractivity contribution in [1.29, 1.82) is 0 Å². The molecular formula is C10H12FNO6S2. The van der Waals surface area contributed by atoms with Crippen LogP contribution in [0.1, 0.15) is 0 Å². The Bertz CT molecular complexity index is 664. The average molecular weight is 325 g/mol. The van der Waals surface area contributed by atoms with Crippen LogP contribution in [0.4, 0.5) is 3.89 Å². The van der Waals surface area contributed by atoms with E-state index < -0.39 is 20.5 Å². The smallest absolute Gasteiger partial charge is 0.379 e. The Kier molecular flexibility index (Phi) is 4.28. The fraction of sp³-hybridized carbons (Fsp3) is 0.400. The van der Waals surface area contributed by atoms with Gasteiger partial charge in [0.2, 0.25) is 10.0 Å². The second-order valence-corrected chi connectivity index (χ2v) is 6.86. The quantitative estimate of drug-likeness (QED) is 0.740. The first-order valence-electron chi connectivity index (χ1n) is 5.61. The zero-order chi connectivity index (χ0) is 14.8. The highest BCUT2D eigenvalue weighted by atomic mass is 32.3. The van der Waals surface area contributed by atoms with Crippen molar-refractivity contribution in [3.8, 4) is 5.75 Å². The molecule has 0 aliphatic carbocycles. The van der Waals surface area contributed by atoms with E-state index in [1.165, 1.54) is 4.31 Å². The van der Waals surface area contributed by atoms with Gasteiger partial charge in [-0.25, -0.2) is 8.42 Å². The standard InChI is InChI=1S/C10H12FNO6S2/c11-20(15,16)18-9-1-3-10(4-2-9)19(13,14)12-5-7-17-8-6-12/h1-4H,5-8H2. The van der Waals surface area contributed by atoms with E-state index in [1.54, 1.807) is 0 Å². The summed E-state index contributed by atoms with van der Waals surface area (Å²) in [6.07, 6.45) is 0. The molecule has 1 aromatic carbocycles. The van der Waals surface area contributed by atoms with Gasteiger partial charge in [0.05, 0.1) is 18.1 Å². The average Bonchev–Trinajstić information content (AvgIpc) is 2.38. The molecule has 0 saturated carbocycles. The summed E-state index contributed by atoms with van der Waals surface area (Å²) >= 11 is 0. The Balaban J connectivity index is 2.20.